The maximum Gasteiger partial charge on any atom is 0.310 e. The smallest absolute Gasteiger partial charge is 0.310 e. The minimum absolute atomic E-state index is 0.0166. The molecule has 5 unspecified atom stereocenters. The highest BCUT2D eigenvalue weighted by atomic mass is 16.5. The summed E-state index contributed by atoms with van der Waals surface area (Å²) in [6.45, 7) is 18.8. The van der Waals surface area contributed by atoms with Gasteiger partial charge in [-0.15, -0.1) is 0 Å². The van der Waals surface area contributed by atoms with Gasteiger partial charge in [-0.2, -0.15) is 0 Å². The van der Waals surface area contributed by atoms with Gasteiger partial charge in [-0.05, 0) is 135 Å². The Bertz CT molecular complexity index is 1330. The Hall–Kier alpha value is -2.11. The molecule has 0 radical (unpaired) electrons. The van der Waals surface area contributed by atoms with Crippen LogP contribution in [0.15, 0.2) is 24.3 Å². The molecule has 0 aromatic rings. The Morgan fingerprint density at radius 1 is 0.756 bits per heavy atom. The first-order chi connectivity index (χ1) is 21.1. The number of aliphatic carboxylic acids is 2. The molecule has 7 aliphatic rings. The Morgan fingerprint density at radius 2 is 1.42 bits per heavy atom. The molecule has 2 bridgehead atoms. The van der Waals surface area contributed by atoms with E-state index in [1.165, 1.54) is 18.4 Å². The molecule has 6 saturated carbocycles. The standard InChI is InChI=1S/C39H56O6/c1-20(2)24-19-25(33(40)41)23-12-16-38(6)26(32(23)24)10-11-28-37(5)15-14-29(36(3,4)27(37)13-17-39(28,38)7)45-35(44)31-22-9-8-21(18-22)30(31)34(42)43/h8-9,21-32H,1,10-19H2,2-7H3,(H,40,41)(H,42,43)/t21?,22?,23?,24-,25+,26+,27-,28+,29-,30?,31?,32+,37-,38+,39+/m0/s1. The summed E-state index contributed by atoms with van der Waals surface area (Å²) >= 11 is 0. The lowest BCUT2D eigenvalue weighted by Crippen LogP contribution is -2.66. The van der Waals surface area contributed by atoms with Gasteiger partial charge in [-0.25, -0.2) is 0 Å². The number of rotatable bonds is 5. The Labute approximate surface area is 269 Å². The lowest BCUT2D eigenvalue weighted by molar-refractivity contribution is -0.245. The summed E-state index contributed by atoms with van der Waals surface area (Å²) in [6.07, 6.45) is 13.9. The molecular formula is C39H56O6. The third-order valence-electron chi connectivity index (χ3n) is 16.5. The van der Waals surface area contributed by atoms with Crippen LogP contribution >= 0.6 is 0 Å². The van der Waals surface area contributed by atoms with Crippen molar-refractivity contribution >= 4 is 17.9 Å². The molecule has 7 aliphatic carbocycles. The summed E-state index contributed by atoms with van der Waals surface area (Å²) in [6, 6.07) is 0. The molecule has 45 heavy (non-hydrogen) atoms. The van der Waals surface area contributed by atoms with Crippen molar-refractivity contribution in [2.45, 2.75) is 112 Å². The number of esters is 1. The lowest BCUT2D eigenvalue weighted by atomic mass is 9.33. The van der Waals surface area contributed by atoms with Gasteiger partial charge in [0, 0.05) is 5.41 Å². The van der Waals surface area contributed by atoms with Crippen molar-refractivity contribution < 1.29 is 29.3 Å². The van der Waals surface area contributed by atoms with E-state index >= 15 is 0 Å². The molecule has 6 heteroatoms. The summed E-state index contributed by atoms with van der Waals surface area (Å²) in [4.78, 5) is 38.2. The monoisotopic (exact) mass is 620 g/mol. The van der Waals surface area contributed by atoms with Gasteiger partial charge < -0.3 is 14.9 Å². The van der Waals surface area contributed by atoms with Crippen LogP contribution in [-0.2, 0) is 19.1 Å². The molecule has 0 aromatic carbocycles. The first-order valence-corrected chi connectivity index (χ1v) is 18.1. The van der Waals surface area contributed by atoms with Crippen LogP contribution in [0.4, 0.5) is 0 Å². The molecule has 0 spiro atoms. The zero-order chi connectivity index (χ0) is 32.4. The first-order valence-electron chi connectivity index (χ1n) is 18.1. The highest BCUT2D eigenvalue weighted by Crippen LogP contribution is 2.76. The molecule has 15 atom stereocenters. The Morgan fingerprint density at radius 3 is 2.07 bits per heavy atom. The summed E-state index contributed by atoms with van der Waals surface area (Å²) in [5.74, 6) is -0.793. The van der Waals surface area contributed by atoms with E-state index in [0.717, 1.165) is 51.4 Å². The molecule has 0 aliphatic heterocycles. The molecule has 6 nitrogen and oxygen atoms in total. The molecule has 7 rings (SSSR count). The fourth-order valence-electron chi connectivity index (χ4n) is 14.4. The maximum absolute atomic E-state index is 13.7. The third kappa shape index (κ3) is 4.14. The second-order valence-electron chi connectivity index (χ2n) is 18.2. The number of ether oxygens (including phenoxy) is 1. The van der Waals surface area contributed by atoms with Gasteiger partial charge in [0.15, 0.2) is 0 Å². The van der Waals surface area contributed by atoms with Gasteiger partial charge in [-0.3, -0.25) is 14.4 Å². The number of allylic oxidation sites excluding steroid dienone is 3. The van der Waals surface area contributed by atoms with E-state index < -0.39 is 23.8 Å². The number of carbonyl (C=O) groups excluding carboxylic acids is 1. The number of carbonyl (C=O) groups is 3. The average Bonchev–Trinajstić information content (AvgIpc) is 3.68. The number of carboxylic acids is 2. The van der Waals surface area contributed by atoms with Crippen molar-refractivity contribution in [3.8, 4) is 0 Å². The summed E-state index contributed by atoms with van der Waals surface area (Å²) in [5, 5.41) is 20.1. The van der Waals surface area contributed by atoms with Crippen LogP contribution in [0.3, 0.4) is 0 Å². The van der Waals surface area contributed by atoms with E-state index in [1.807, 2.05) is 12.2 Å². The fourth-order valence-corrected chi connectivity index (χ4v) is 14.4. The van der Waals surface area contributed by atoms with Gasteiger partial charge in [0.05, 0.1) is 17.8 Å². The lowest BCUT2D eigenvalue weighted by Gasteiger charge is -2.72. The van der Waals surface area contributed by atoms with Crippen LogP contribution in [0.2, 0.25) is 0 Å². The number of carboxylic acid groups (broad SMARTS) is 2. The van der Waals surface area contributed by atoms with Crippen molar-refractivity contribution in [2.24, 2.45) is 86.8 Å². The van der Waals surface area contributed by atoms with E-state index in [-0.39, 0.29) is 57.4 Å². The van der Waals surface area contributed by atoms with Crippen LogP contribution < -0.4 is 0 Å². The van der Waals surface area contributed by atoms with Crippen molar-refractivity contribution in [1.82, 2.24) is 0 Å². The minimum atomic E-state index is -0.875. The molecule has 0 saturated heterocycles. The van der Waals surface area contributed by atoms with Crippen molar-refractivity contribution in [3.05, 3.63) is 24.3 Å². The number of fused-ring (bicyclic) bond motifs is 9. The van der Waals surface area contributed by atoms with Crippen LogP contribution in [0.1, 0.15) is 106 Å². The predicted octanol–water partition coefficient (Wildman–Crippen LogP) is 8.02. The summed E-state index contributed by atoms with van der Waals surface area (Å²) < 4.78 is 6.40. The highest BCUT2D eigenvalue weighted by Gasteiger charge is 2.70. The molecule has 0 amide bonds. The van der Waals surface area contributed by atoms with E-state index in [4.69, 9.17) is 4.74 Å². The van der Waals surface area contributed by atoms with E-state index in [1.54, 1.807) is 0 Å². The minimum Gasteiger partial charge on any atom is -0.481 e. The fraction of sp³-hybridized carbons (Fsp3) is 0.821. The van der Waals surface area contributed by atoms with Crippen molar-refractivity contribution in [2.75, 3.05) is 0 Å². The molecule has 248 valence electrons. The molecule has 0 aromatic heterocycles. The van der Waals surface area contributed by atoms with E-state index in [9.17, 15) is 24.6 Å². The average molecular weight is 621 g/mol. The van der Waals surface area contributed by atoms with Gasteiger partial charge in [0.25, 0.3) is 0 Å². The van der Waals surface area contributed by atoms with Crippen molar-refractivity contribution in [3.63, 3.8) is 0 Å². The largest absolute Gasteiger partial charge is 0.481 e. The topological polar surface area (TPSA) is 101 Å². The first kappa shape index (κ1) is 31.5. The number of hydrogen-bond acceptors (Lipinski definition) is 4. The Balaban J connectivity index is 1.13. The zero-order valence-corrected chi connectivity index (χ0v) is 28.4. The second-order valence-corrected chi connectivity index (χ2v) is 18.2. The Kier molecular flexibility index (Phi) is 7.13. The quantitative estimate of drug-likeness (QED) is 0.238. The van der Waals surface area contributed by atoms with Gasteiger partial charge in [0.2, 0.25) is 0 Å². The van der Waals surface area contributed by atoms with Gasteiger partial charge in [-0.1, -0.05) is 58.9 Å². The maximum atomic E-state index is 13.7. The van der Waals surface area contributed by atoms with Crippen LogP contribution in [0.25, 0.3) is 0 Å². The molecule has 2 N–H and O–H groups in total. The molecular weight excluding hydrogens is 564 g/mol. The van der Waals surface area contributed by atoms with Gasteiger partial charge in [0.1, 0.15) is 6.10 Å². The highest BCUT2D eigenvalue weighted by molar-refractivity contribution is 5.83. The predicted molar refractivity (Wildman–Crippen MR) is 172 cm³/mol. The van der Waals surface area contributed by atoms with Crippen LogP contribution in [-0.4, -0.2) is 34.2 Å². The summed E-state index contributed by atoms with van der Waals surface area (Å²) in [7, 11) is 0. The van der Waals surface area contributed by atoms with Crippen molar-refractivity contribution in [1.29, 1.82) is 0 Å². The third-order valence-corrected chi connectivity index (χ3v) is 16.5. The number of hydrogen-bond donors (Lipinski definition) is 2. The normalized spacial score (nSPS) is 52.2. The second kappa shape index (κ2) is 10.2. The van der Waals surface area contributed by atoms with E-state index in [2.05, 4.69) is 48.1 Å². The van der Waals surface area contributed by atoms with Crippen LogP contribution in [0.5, 0.6) is 0 Å². The van der Waals surface area contributed by atoms with Crippen LogP contribution in [0, 0.1) is 86.8 Å². The zero-order valence-electron chi connectivity index (χ0n) is 28.4. The molecule has 6 fully saturated rings. The molecule has 0 heterocycles. The van der Waals surface area contributed by atoms with Gasteiger partial charge >= 0.3 is 17.9 Å². The summed E-state index contributed by atoms with van der Waals surface area (Å²) in [5.41, 5.74) is 1.45. The van der Waals surface area contributed by atoms with E-state index in [0.29, 0.717) is 29.6 Å². The SMILES string of the molecule is C=C(C)[C@@H]1C[C@@H](C(=O)O)C2CC[C@]3(C)[C@H](CC[C@@H]4[C@@]5(C)CC[C@H](OC(=O)C6C7C=CC(C7)C6C(=O)O)C(C)(C)[C@@H]5CC[C@]43C)[C@H]21.